The average molecular weight is 526 g/mol. The molecule has 0 aliphatic heterocycles. The molecule has 3 amide bonds. The molecule has 0 radical (unpaired) electrons. The van der Waals surface area contributed by atoms with Gasteiger partial charge in [-0.3, -0.25) is 9.59 Å². The van der Waals surface area contributed by atoms with Gasteiger partial charge in [0.1, 0.15) is 23.4 Å². The van der Waals surface area contributed by atoms with Crippen LogP contribution in [0.3, 0.4) is 0 Å². The minimum atomic E-state index is -1.16. The number of para-hydroxylation sites is 1. The van der Waals surface area contributed by atoms with Crippen LogP contribution >= 0.6 is 0 Å². The summed E-state index contributed by atoms with van der Waals surface area (Å²) >= 11 is 0. The van der Waals surface area contributed by atoms with Gasteiger partial charge in [0.25, 0.3) is 0 Å². The van der Waals surface area contributed by atoms with Crippen LogP contribution < -0.4 is 10.6 Å². The predicted octanol–water partition coefficient (Wildman–Crippen LogP) is 5.23. The van der Waals surface area contributed by atoms with Gasteiger partial charge in [-0.25, -0.2) is 4.79 Å². The Bertz CT molecular complexity index is 1120. The Morgan fingerprint density at radius 2 is 1.55 bits per heavy atom. The molecular formula is C30H43N3O5. The third kappa shape index (κ3) is 8.23. The zero-order valence-electron chi connectivity index (χ0n) is 24.1. The van der Waals surface area contributed by atoms with Crippen molar-refractivity contribution in [3.05, 3.63) is 65.2 Å². The van der Waals surface area contributed by atoms with Gasteiger partial charge in [-0.05, 0) is 65.5 Å². The van der Waals surface area contributed by atoms with Gasteiger partial charge in [0.15, 0.2) is 0 Å². The summed E-state index contributed by atoms with van der Waals surface area (Å²) < 4.78 is 5.41. The number of phenolic OH excluding ortho intramolecular Hbond substituents is 1. The second-order valence-corrected chi connectivity index (χ2v) is 11.9. The lowest BCUT2D eigenvalue weighted by Gasteiger charge is -2.43. The number of benzene rings is 2. The van der Waals surface area contributed by atoms with Crippen LogP contribution in [0.25, 0.3) is 0 Å². The number of carbonyl (C=O) groups is 3. The molecule has 208 valence electrons. The van der Waals surface area contributed by atoms with Gasteiger partial charge in [-0.1, -0.05) is 62.4 Å². The predicted molar refractivity (Wildman–Crippen MR) is 148 cm³/mol. The fourth-order valence-electron chi connectivity index (χ4n) is 4.12. The Morgan fingerprint density at radius 3 is 2.08 bits per heavy atom. The maximum Gasteiger partial charge on any atom is 0.408 e. The molecule has 2 rings (SSSR count). The highest BCUT2D eigenvalue weighted by Crippen LogP contribution is 2.36. The van der Waals surface area contributed by atoms with Crippen LogP contribution in [0, 0.1) is 12.8 Å². The number of hydrogen-bond acceptors (Lipinski definition) is 5. The van der Waals surface area contributed by atoms with Crippen LogP contribution in [-0.4, -0.2) is 45.1 Å². The zero-order chi connectivity index (χ0) is 28.8. The van der Waals surface area contributed by atoms with Crippen molar-refractivity contribution in [2.75, 3.05) is 0 Å². The van der Waals surface area contributed by atoms with Crippen LogP contribution in [0.1, 0.15) is 78.1 Å². The smallest absolute Gasteiger partial charge is 0.408 e. The van der Waals surface area contributed by atoms with E-state index in [1.165, 1.54) is 4.90 Å². The lowest BCUT2D eigenvalue weighted by atomic mass is 9.92. The Balaban J connectivity index is 2.56. The number of nitrogens with one attached hydrogen (secondary N) is 2. The first-order chi connectivity index (χ1) is 17.5. The molecular weight excluding hydrogens is 482 g/mol. The molecule has 2 unspecified atom stereocenters. The molecule has 0 spiro atoms. The van der Waals surface area contributed by atoms with Gasteiger partial charge in [-0.15, -0.1) is 0 Å². The molecule has 3 N–H and O–H groups in total. The Labute approximate surface area is 226 Å². The van der Waals surface area contributed by atoms with Crippen molar-refractivity contribution in [2.24, 2.45) is 5.92 Å². The summed E-state index contributed by atoms with van der Waals surface area (Å²) in [5, 5.41) is 16.7. The van der Waals surface area contributed by atoms with Crippen LogP contribution in [-0.2, 0) is 20.9 Å². The average Bonchev–Trinajstić information content (AvgIpc) is 2.79. The first kappa shape index (κ1) is 30.7. The lowest BCUT2D eigenvalue weighted by molar-refractivity contribution is -0.149. The summed E-state index contributed by atoms with van der Waals surface area (Å²) in [6.45, 7) is 16.3. The topological polar surface area (TPSA) is 108 Å². The van der Waals surface area contributed by atoms with Crippen LogP contribution in [0.4, 0.5) is 4.79 Å². The second-order valence-electron chi connectivity index (χ2n) is 11.9. The fraction of sp³-hybridized carbons (Fsp3) is 0.500. The van der Waals surface area contributed by atoms with Gasteiger partial charge in [0.2, 0.25) is 11.8 Å². The van der Waals surface area contributed by atoms with Crippen molar-refractivity contribution in [2.45, 2.75) is 92.1 Å². The molecule has 0 heterocycles. The molecule has 38 heavy (non-hydrogen) atoms. The standard InChI is InChI=1S/C30H43N3O5/c1-19(2)23(32-28(37)38-30(7,8)9)27(36)33(29(4,5)6)24(22-17-13-14-20(3)25(22)34)26(35)31-18-21-15-11-10-12-16-21/h10-17,19,23-24,34H,18H2,1-9H3,(H,31,35)(H,32,37). The van der Waals surface area contributed by atoms with Gasteiger partial charge >= 0.3 is 6.09 Å². The minimum absolute atomic E-state index is 0.0596. The van der Waals surface area contributed by atoms with E-state index in [4.69, 9.17) is 4.74 Å². The number of amides is 3. The van der Waals surface area contributed by atoms with Crippen molar-refractivity contribution < 1.29 is 24.2 Å². The molecule has 0 aliphatic rings. The van der Waals surface area contributed by atoms with Crippen LogP contribution in [0.2, 0.25) is 0 Å². The summed E-state index contributed by atoms with van der Waals surface area (Å²) in [6.07, 6.45) is -0.720. The van der Waals surface area contributed by atoms with Gasteiger partial charge in [-0.2, -0.15) is 0 Å². The van der Waals surface area contributed by atoms with Gasteiger partial charge in [0, 0.05) is 17.6 Å². The van der Waals surface area contributed by atoms with Crippen molar-refractivity contribution in [1.29, 1.82) is 0 Å². The lowest BCUT2D eigenvalue weighted by Crippen LogP contribution is -2.59. The number of aryl methyl sites for hydroxylation is 1. The quantitative estimate of drug-likeness (QED) is 0.437. The Hall–Kier alpha value is -3.55. The summed E-state index contributed by atoms with van der Waals surface area (Å²) in [4.78, 5) is 42.2. The van der Waals surface area contributed by atoms with E-state index in [9.17, 15) is 19.5 Å². The zero-order valence-corrected chi connectivity index (χ0v) is 24.1. The number of rotatable bonds is 8. The molecule has 2 aromatic rings. The highest BCUT2D eigenvalue weighted by atomic mass is 16.6. The number of alkyl carbamates (subject to hydrolysis) is 1. The molecule has 0 aromatic heterocycles. The number of carbonyl (C=O) groups excluding carboxylic acids is 3. The first-order valence-corrected chi connectivity index (χ1v) is 13.0. The summed E-state index contributed by atoms with van der Waals surface area (Å²) in [5.41, 5.74) is 0.181. The highest BCUT2D eigenvalue weighted by Gasteiger charge is 2.43. The third-order valence-electron chi connectivity index (χ3n) is 5.94. The van der Waals surface area contributed by atoms with E-state index in [0.29, 0.717) is 11.1 Å². The van der Waals surface area contributed by atoms with Gasteiger partial charge < -0.3 is 25.4 Å². The normalized spacial score (nSPS) is 13.4. The maximum atomic E-state index is 14.2. The number of ether oxygens (including phenoxy) is 1. The summed E-state index contributed by atoms with van der Waals surface area (Å²) in [7, 11) is 0. The number of nitrogens with zero attached hydrogens (tertiary/aromatic N) is 1. The van der Waals surface area contributed by atoms with Crippen molar-refractivity contribution in [1.82, 2.24) is 15.5 Å². The molecule has 0 aliphatic carbocycles. The van der Waals surface area contributed by atoms with E-state index in [2.05, 4.69) is 10.6 Å². The van der Waals surface area contributed by atoms with E-state index in [1.54, 1.807) is 45.9 Å². The van der Waals surface area contributed by atoms with E-state index in [-0.39, 0.29) is 18.2 Å². The Morgan fingerprint density at radius 1 is 0.947 bits per heavy atom. The van der Waals surface area contributed by atoms with E-state index in [0.717, 1.165) is 5.56 Å². The molecule has 2 aromatic carbocycles. The van der Waals surface area contributed by atoms with Crippen LogP contribution in [0.15, 0.2) is 48.5 Å². The van der Waals surface area contributed by atoms with Crippen molar-refractivity contribution in [3.8, 4) is 5.75 Å². The third-order valence-corrected chi connectivity index (χ3v) is 5.94. The van der Waals surface area contributed by atoms with Crippen molar-refractivity contribution >= 4 is 17.9 Å². The molecule has 2 atom stereocenters. The minimum Gasteiger partial charge on any atom is -0.507 e. The van der Waals surface area contributed by atoms with Crippen LogP contribution in [0.5, 0.6) is 5.75 Å². The summed E-state index contributed by atoms with van der Waals surface area (Å²) in [6, 6.07) is 12.4. The number of hydrogen-bond donors (Lipinski definition) is 3. The molecule has 0 fully saturated rings. The molecule has 0 saturated heterocycles. The monoisotopic (exact) mass is 525 g/mol. The number of aromatic hydroxyl groups is 1. The molecule has 0 saturated carbocycles. The molecule has 8 heteroatoms. The van der Waals surface area contributed by atoms with E-state index in [1.807, 2.05) is 65.0 Å². The SMILES string of the molecule is Cc1cccc(C(C(=O)NCc2ccccc2)N(C(=O)C(NC(=O)OC(C)(C)C)C(C)C)C(C)(C)C)c1O. The molecule has 0 bridgehead atoms. The van der Waals surface area contributed by atoms with Gasteiger partial charge in [0.05, 0.1) is 0 Å². The fourth-order valence-corrected chi connectivity index (χ4v) is 4.12. The van der Waals surface area contributed by atoms with E-state index >= 15 is 0 Å². The van der Waals surface area contributed by atoms with Crippen molar-refractivity contribution in [3.63, 3.8) is 0 Å². The largest absolute Gasteiger partial charge is 0.507 e. The second kappa shape index (κ2) is 12.3. The van der Waals surface area contributed by atoms with E-state index < -0.39 is 41.1 Å². The number of phenols is 1. The Kier molecular flexibility index (Phi) is 9.95. The summed E-state index contributed by atoms with van der Waals surface area (Å²) in [5.74, 6) is -1.27. The first-order valence-electron chi connectivity index (χ1n) is 13.0. The highest BCUT2D eigenvalue weighted by molar-refractivity contribution is 5.93. The maximum absolute atomic E-state index is 14.2. The molecule has 8 nitrogen and oxygen atoms in total.